The molecule has 3 rings (SSSR count). The van der Waals surface area contributed by atoms with Crippen molar-refractivity contribution in [1.82, 2.24) is 0 Å². The van der Waals surface area contributed by atoms with Gasteiger partial charge in [0.1, 0.15) is 0 Å². The molecule has 0 nitrogen and oxygen atoms in total. The van der Waals surface area contributed by atoms with Gasteiger partial charge in [0.15, 0.2) is 0 Å². The van der Waals surface area contributed by atoms with Crippen LogP contribution in [0.2, 0.25) is 0 Å². The van der Waals surface area contributed by atoms with Gasteiger partial charge in [-0.1, -0.05) is 44.9 Å². The Kier molecular flexibility index (Phi) is 11.0. The molecular weight excluding hydrogens is 382 g/mol. The molecule has 3 aliphatic rings. The van der Waals surface area contributed by atoms with E-state index in [9.17, 15) is 0 Å². The Balaban J connectivity index is 0.000000595. The molecular formula is C19H30Cl2CrP. The van der Waals surface area contributed by atoms with E-state index in [0.717, 1.165) is 17.7 Å². The second-order valence-electron chi connectivity index (χ2n) is 6.94. The van der Waals surface area contributed by atoms with Crippen molar-refractivity contribution in [3.05, 3.63) is 23.8 Å². The Hall–Kier alpha value is 1.02. The number of hydrogen-bond acceptors (Lipinski definition) is 0. The van der Waals surface area contributed by atoms with Crippen LogP contribution in [0.1, 0.15) is 77.0 Å². The van der Waals surface area contributed by atoms with E-state index in [1.807, 2.05) is 0 Å². The van der Waals surface area contributed by atoms with Crippen LogP contribution in [-0.2, 0) is 13.4 Å². The number of allylic oxidation sites excluding steroid dienone is 4. The van der Waals surface area contributed by atoms with Crippen LogP contribution in [0.25, 0.3) is 0 Å². The van der Waals surface area contributed by atoms with Gasteiger partial charge in [0.25, 0.3) is 0 Å². The molecule has 0 amide bonds. The van der Waals surface area contributed by atoms with Crippen molar-refractivity contribution in [2.24, 2.45) is 0 Å². The molecule has 0 bridgehead atoms. The Morgan fingerprint density at radius 3 is 1.91 bits per heavy atom. The van der Waals surface area contributed by atoms with Gasteiger partial charge in [0, 0.05) is 0 Å². The summed E-state index contributed by atoms with van der Waals surface area (Å²) >= 11 is -0.181. The molecule has 0 aliphatic heterocycles. The Bertz CT molecular complexity index is 354. The van der Waals surface area contributed by atoms with Crippen molar-refractivity contribution >= 4 is 28.0 Å². The average Bonchev–Trinajstić information content (AvgIpc) is 3.11. The van der Waals surface area contributed by atoms with Crippen LogP contribution >= 0.6 is 28.0 Å². The van der Waals surface area contributed by atoms with Crippen molar-refractivity contribution in [3.8, 4) is 0 Å². The minimum absolute atomic E-state index is 0.181. The second-order valence-corrected chi connectivity index (χ2v) is 12.0. The Morgan fingerprint density at radius 2 is 1.48 bits per heavy atom. The molecule has 0 unspecified atom stereocenters. The fourth-order valence-corrected chi connectivity index (χ4v) is 8.24. The molecule has 0 N–H and O–H groups in total. The minimum atomic E-state index is -0.181. The number of hydrogen-bond donors (Lipinski definition) is 0. The quantitative estimate of drug-likeness (QED) is 0.322. The molecule has 3 aliphatic carbocycles. The second kappa shape index (κ2) is 12.4. The molecule has 131 valence electrons. The van der Waals surface area contributed by atoms with E-state index < -0.39 is 0 Å². The Morgan fingerprint density at radius 1 is 0.957 bits per heavy atom. The third-order valence-corrected chi connectivity index (χ3v) is 9.14. The molecule has 0 aromatic rings. The first-order chi connectivity index (χ1) is 11.3. The average molecular weight is 412 g/mol. The molecule has 0 saturated heterocycles. The van der Waals surface area contributed by atoms with E-state index in [4.69, 9.17) is 20.1 Å². The first-order valence-corrected chi connectivity index (χ1v) is 14.4. The first kappa shape index (κ1) is 20.3. The summed E-state index contributed by atoms with van der Waals surface area (Å²) in [5, 5.41) is 0. The normalized spacial score (nSPS) is 22.7. The van der Waals surface area contributed by atoms with Crippen molar-refractivity contribution in [2.45, 2.75) is 88.4 Å². The van der Waals surface area contributed by atoms with Crippen LogP contribution in [0.4, 0.5) is 0 Å². The van der Waals surface area contributed by atoms with E-state index in [2.05, 4.69) is 18.2 Å². The summed E-state index contributed by atoms with van der Waals surface area (Å²) in [6.45, 7) is 0. The van der Waals surface area contributed by atoms with Gasteiger partial charge in [-0.2, -0.15) is 6.08 Å². The summed E-state index contributed by atoms with van der Waals surface area (Å²) in [7, 11) is 9.94. The van der Waals surface area contributed by atoms with Crippen molar-refractivity contribution < 1.29 is 13.4 Å². The van der Waals surface area contributed by atoms with E-state index in [0.29, 0.717) is 7.92 Å². The predicted molar refractivity (Wildman–Crippen MR) is 102 cm³/mol. The van der Waals surface area contributed by atoms with Crippen molar-refractivity contribution in [2.75, 3.05) is 6.16 Å². The molecule has 2 saturated carbocycles. The van der Waals surface area contributed by atoms with E-state index in [-0.39, 0.29) is 13.4 Å². The zero-order chi connectivity index (χ0) is 16.3. The summed E-state index contributed by atoms with van der Waals surface area (Å²) in [5.41, 5.74) is 3.75. The molecule has 4 heteroatoms. The molecule has 0 spiro atoms. The van der Waals surface area contributed by atoms with Crippen LogP contribution in [0, 0.1) is 6.08 Å². The number of halogens is 2. The summed E-state index contributed by atoms with van der Waals surface area (Å²) in [4.78, 5) is 0. The maximum atomic E-state index is 4.83. The van der Waals surface area contributed by atoms with Gasteiger partial charge in [-0.3, -0.25) is 6.08 Å². The Labute approximate surface area is 159 Å². The fraction of sp³-hybridized carbons (Fsp3) is 0.789. The standard InChI is InChI=1S/C19H30P.2ClH.Cr/c1-3-11-18(12-4-1)20(19-13-5-2-6-14-19)16-15-17-9-7-8-10-17;;;/h7,9,18-19H,1-6,8,11-16H2;2*1H;/q-1;;;+3/p-2. The maximum absolute atomic E-state index is 4.83. The van der Waals surface area contributed by atoms with Gasteiger partial charge in [0.2, 0.25) is 0 Å². The molecule has 0 radical (unpaired) electrons. The SMILES string of the molecule is [C-]1=C(CCP(C2CCCCC2)C2CCCCC2)C=CC1.[Cl][Cr+][Cl]. The third-order valence-electron chi connectivity index (χ3n) is 5.49. The summed E-state index contributed by atoms with van der Waals surface area (Å²) in [5.74, 6) is 0. The van der Waals surface area contributed by atoms with Crippen LogP contribution in [0.3, 0.4) is 0 Å². The van der Waals surface area contributed by atoms with Crippen molar-refractivity contribution in [1.29, 1.82) is 0 Å². The van der Waals surface area contributed by atoms with Crippen LogP contribution < -0.4 is 0 Å². The fourth-order valence-electron chi connectivity index (χ4n) is 4.36. The number of rotatable bonds is 5. The zero-order valence-electron chi connectivity index (χ0n) is 14.1. The van der Waals surface area contributed by atoms with Gasteiger partial charge in [-0.15, -0.1) is 14.3 Å². The predicted octanol–water partition coefficient (Wildman–Crippen LogP) is 7.59. The molecule has 23 heavy (non-hydrogen) atoms. The molecule has 2 fully saturated rings. The van der Waals surface area contributed by atoms with Crippen LogP contribution in [0.15, 0.2) is 17.7 Å². The van der Waals surface area contributed by atoms with Crippen LogP contribution in [0.5, 0.6) is 0 Å². The van der Waals surface area contributed by atoms with Crippen LogP contribution in [-0.4, -0.2) is 17.5 Å². The zero-order valence-corrected chi connectivity index (χ0v) is 17.8. The molecule has 0 heterocycles. The van der Waals surface area contributed by atoms with Gasteiger partial charge in [0.05, 0.1) is 0 Å². The summed E-state index contributed by atoms with van der Waals surface area (Å²) in [6.07, 6.45) is 27.4. The molecule has 0 aromatic carbocycles. The molecule has 0 aromatic heterocycles. The van der Waals surface area contributed by atoms with E-state index in [1.54, 1.807) is 25.7 Å². The summed E-state index contributed by atoms with van der Waals surface area (Å²) in [6, 6.07) is 0. The van der Waals surface area contributed by atoms with Gasteiger partial charge >= 0.3 is 33.5 Å². The summed E-state index contributed by atoms with van der Waals surface area (Å²) < 4.78 is 0. The van der Waals surface area contributed by atoms with E-state index in [1.165, 1.54) is 56.7 Å². The monoisotopic (exact) mass is 411 g/mol. The van der Waals surface area contributed by atoms with E-state index >= 15 is 0 Å². The van der Waals surface area contributed by atoms with Gasteiger partial charge in [-0.05, 0) is 43.2 Å². The third kappa shape index (κ3) is 7.42. The van der Waals surface area contributed by atoms with Gasteiger partial charge in [-0.25, -0.2) is 11.6 Å². The first-order valence-electron chi connectivity index (χ1n) is 9.26. The molecule has 0 atom stereocenters. The van der Waals surface area contributed by atoms with Crippen molar-refractivity contribution in [3.63, 3.8) is 0 Å². The van der Waals surface area contributed by atoms with Gasteiger partial charge < -0.3 is 0 Å². The topological polar surface area (TPSA) is 0 Å².